The van der Waals surface area contributed by atoms with Gasteiger partial charge in [0.25, 0.3) is 0 Å². The van der Waals surface area contributed by atoms with Crippen LogP contribution in [0.5, 0.6) is 0 Å². The molecule has 2 unspecified atom stereocenters. The molecular formula is C14H18Cl2IN3. The van der Waals surface area contributed by atoms with Crippen molar-refractivity contribution in [3.8, 4) is 12.3 Å². The Hall–Kier alpha value is -0.640. The van der Waals surface area contributed by atoms with Gasteiger partial charge in [-0.1, -0.05) is 42.1 Å². The minimum absolute atomic E-state index is 0. The van der Waals surface area contributed by atoms with Gasteiger partial charge in [-0.15, -0.1) is 30.4 Å². The second kappa shape index (κ2) is 9.32. The van der Waals surface area contributed by atoms with Gasteiger partial charge in [0, 0.05) is 10.0 Å². The molecule has 1 aromatic rings. The summed E-state index contributed by atoms with van der Waals surface area (Å²) in [5, 5.41) is 4.13. The van der Waals surface area contributed by atoms with Crippen molar-refractivity contribution in [2.45, 2.75) is 32.4 Å². The summed E-state index contributed by atoms with van der Waals surface area (Å²) in [6.07, 6.45) is 6.14. The number of halogens is 3. The molecule has 2 atom stereocenters. The minimum atomic E-state index is -0.174. The highest BCUT2D eigenvalue weighted by Crippen LogP contribution is 2.27. The molecule has 0 spiro atoms. The number of hydrogen-bond donors (Lipinski definition) is 2. The third-order valence-corrected chi connectivity index (χ3v) is 3.24. The lowest BCUT2D eigenvalue weighted by Crippen LogP contribution is -2.39. The van der Waals surface area contributed by atoms with Gasteiger partial charge < -0.3 is 11.1 Å². The molecular weight excluding hydrogens is 408 g/mol. The lowest BCUT2D eigenvalue weighted by molar-refractivity contribution is 0.705. The Morgan fingerprint density at radius 2 is 2.15 bits per heavy atom. The average molecular weight is 426 g/mol. The van der Waals surface area contributed by atoms with Crippen LogP contribution in [-0.2, 0) is 0 Å². The van der Waals surface area contributed by atoms with Gasteiger partial charge in [0.2, 0.25) is 0 Å². The van der Waals surface area contributed by atoms with Gasteiger partial charge >= 0.3 is 0 Å². The number of nitrogens with two attached hydrogens (primary N) is 1. The molecule has 0 saturated heterocycles. The molecule has 110 valence electrons. The fourth-order valence-electron chi connectivity index (χ4n) is 1.60. The molecule has 1 rings (SSSR count). The first kappa shape index (κ1) is 19.4. The predicted octanol–water partition coefficient (Wildman–Crippen LogP) is 3.99. The van der Waals surface area contributed by atoms with E-state index in [1.807, 2.05) is 19.9 Å². The average Bonchev–Trinajstić information content (AvgIpc) is 2.35. The number of rotatable bonds is 4. The number of aliphatic imine (C=N–C) groups is 1. The van der Waals surface area contributed by atoms with Crippen molar-refractivity contribution in [3.63, 3.8) is 0 Å². The van der Waals surface area contributed by atoms with Gasteiger partial charge in [-0.25, -0.2) is 4.99 Å². The minimum Gasteiger partial charge on any atom is -0.370 e. The van der Waals surface area contributed by atoms with Crippen molar-refractivity contribution in [2.75, 3.05) is 0 Å². The first-order valence-corrected chi connectivity index (χ1v) is 6.74. The van der Waals surface area contributed by atoms with Crippen LogP contribution in [0.2, 0.25) is 10.0 Å². The summed E-state index contributed by atoms with van der Waals surface area (Å²) in [6.45, 7) is 3.88. The summed E-state index contributed by atoms with van der Waals surface area (Å²) in [7, 11) is 0. The Labute approximate surface area is 147 Å². The maximum atomic E-state index is 6.12. The second-order valence-electron chi connectivity index (χ2n) is 4.13. The van der Waals surface area contributed by atoms with Crippen LogP contribution in [0.3, 0.4) is 0 Å². The standard InChI is InChI=1S/C14H17Cl2N3.HI/c1-4-11(5-2)19-14(17)18-9(3)12-7-6-10(15)8-13(12)16;/h1,6-9,11H,5H2,2-3H3,(H3,17,18,19);1H. The number of nitrogens with zero attached hydrogens (tertiary/aromatic N) is 1. The number of nitrogens with one attached hydrogen (secondary N) is 1. The van der Waals surface area contributed by atoms with Crippen LogP contribution in [-0.4, -0.2) is 12.0 Å². The SMILES string of the molecule is C#CC(CC)NC(N)=NC(C)c1ccc(Cl)cc1Cl.I. The van der Waals surface area contributed by atoms with Gasteiger partial charge in [0.05, 0.1) is 12.1 Å². The third kappa shape index (κ3) is 5.78. The number of guanidine groups is 1. The van der Waals surface area contributed by atoms with Crippen molar-refractivity contribution in [3.05, 3.63) is 33.8 Å². The highest BCUT2D eigenvalue weighted by Gasteiger charge is 2.10. The summed E-state index contributed by atoms with van der Waals surface area (Å²) in [5.41, 5.74) is 6.68. The van der Waals surface area contributed by atoms with Crippen LogP contribution in [0.15, 0.2) is 23.2 Å². The van der Waals surface area contributed by atoms with E-state index < -0.39 is 0 Å². The van der Waals surface area contributed by atoms with Gasteiger partial charge in [-0.2, -0.15) is 0 Å². The third-order valence-electron chi connectivity index (χ3n) is 2.68. The van der Waals surface area contributed by atoms with Gasteiger partial charge in [-0.05, 0) is 31.0 Å². The molecule has 0 heterocycles. The van der Waals surface area contributed by atoms with Crippen LogP contribution < -0.4 is 11.1 Å². The van der Waals surface area contributed by atoms with Crippen LogP contribution in [0, 0.1) is 12.3 Å². The van der Waals surface area contributed by atoms with E-state index in [2.05, 4.69) is 16.2 Å². The fourth-order valence-corrected chi connectivity index (χ4v) is 2.16. The first-order chi connectivity index (χ1) is 8.97. The van der Waals surface area contributed by atoms with Gasteiger partial charge in [0.15, 0.2) is 5.96 Å². The zero-order chi connectivity index (χ0) is 14.4. The number of hydrogen-bond acceptors (Lipinski definition) is 1. The zero-order valence-electron chi connectivity index (χ0n) is 11.4. The molecule has 0 aliphatic rings. The van der Waals surface area contributed by atoms with E-state index in [9.17, 15) is 0 Å². The first-order valence-electron chi connectivity index (χ1n) is 5.98. The molecule has 0 fully saturated rings. The van der Waals surface area contributed by atoms with Crippen molar-refractivity contribution >= 4 is 53.1 Å². The lowest BCUT2D eigenvalue weighted by atomic mass is 10.1. The van der Waals surface area contributed by atoms with E-state index >= 15 is 0 Å². The number of terminal acetylenes is 1. The Kier molecular flexibility index (Phi) is 9.03. The fraction of sp³-hybridized carbons (Fsp3) is 0.357. The van der Waals surface area contributed by atoms with Gasteiger partial charge in [-0.3, -0.25) is 0 Å². The normalized spacial score (nSPS) is 13.8. The molecule has 0 aromatic heterocycles. The predicted molar refractivity (Wildman–Crippen MR) is 98.0 cm³/mol. The monoisotopic (exact) mass is 425 g/mol. The molecule has 0 aliphatic carbocycles. The molecule has 6 heteroatoms. The summed E-state index contributed by atoms with van der Waals surface area (Å²) in [4.78, 5) is 4.33. The van der Waals surface area contributed by atoms with Crippen LogP contribution >= 0.6 is 47.2 Å². The molecule has 0 saturated carbocycles. The maximum absolute atomic E-state index is 6.12. The molecule has 3 nitrogen and oxygen atoms in total. The molecule has 0 bridgehead atoms. The van der Waals surface area contributed by atoms with E-state index in [4.69, 9.17) is 35.4 Å². The Morgan fingerprint density at radius 1 is 1.50 bits per heavy atom. The Morgan fingerprint density at radius 3 is 2.65 bits per heavy atom. The van der Waals surface area contributed by atoms with Crippen molar-refractivity contribution in [1.82, 2.24) is 5.32 Å². The van der Waals surface area contributed by atoms with E-state index in [1.165, 1.54) is 0 Å². The molecule has 0 amide bonds. The molecule has 3 N–H and O–H groups in total. The Balaban J connectivity index is 0.00000361. The molecule has 20 heavy (non-hydrogen) atoms. The van der Waals surface area contributed by atoms with E-state index in [1.54, 1.807) is 12.1 Å². The molecule has 0 aliphatic heterocycles. The quantitative estimate of drug-likeness (QED) is 0.331. The van der Waals surface area contributed by atoms with Crippen LogP contribution in [0.1, 0.15) is 31.9 Å². The summed E-state index contributed by atoms with van der Waals surface area (Å²) >= 11 is 12.0. The summed E-state index contributed by atoms with van der Waals surface area (Å²) in [5.74, 6) is 2.91. The zero-order valence-corrected chi connectivity index (χ0v) is 15.2. The maximum Gasteiger partial charge on any atom is 0.190 e. The van der Waals surface area contributed by atoms with E-state index in [0.717, 1.165) is 12.0 Å². The second-order valence-corrected chi connectivity index (χ2v) is 4.97. The van der Waals surface area contributed by atoms with Gasteiger partial charge in [0.1, 0.15) is 0 Å². The largest absolute Gasteiger partial charge is 0.370 e. The number of benzene rings is 1. The van der Waals surface area contributed by atoms with Crippen LogP contribution in [0.4, 0.5) is 0 Å². The van der Waals surface area contributed by atoms with Crippen LogP contribution in [0.25, 0.3) is 0 Å². The smallest absolute Gasteiger partial charge is 0.190 e. The summed E-state index contributed by atoms with van der Waals surface area (Å²) < 4.78 is 0. The highest BCUT2D eigenvalue weighted by molar-refractivity contribution is 14.0. The molecule has 0 radical (unpaired) electrons. The van der Waals surface area contributed by atoms with Crippen molar-refractivity contribution < 1.29 is 0 Å². The lowest BCUT2D eigenvalue weighted by Gasteiger charge is -2.14. The Bertz CT molecular complexity index is 512. The molecule has 1 aromatic carbocycles. The highest BCUT2D eigenvalue weighted by atomic mass is 127. The van der Waals surface area contributed by atoms with E-state index in [0.29, 0.717) is 16.0 Å². The summed E-state index contributed by atoms with van der Waals surface area (Å²) in [6, 6.07) is 5.01. The van der Waals surface area contributed by atoms with E-state index in [-0.39, 0.29) is 36.1 Å². The van der Waals surface area contributed by atoms with Crippen molar-refractivity contribution in [1.29, 1.82) is 0 Å². The topological polar surface area (TPSA) is 50.4 Å². The van der Waals surface area contributed by atoms with Crippen molar-refractivity contribution in [2.24, 2.45) is 10.7 Å².